The Labute approximate surface area is 128 Å². The van der Waals surface area contributed by atoms with Crippen molar-refractivity contribution in [3.63, 3.8) is 0 Å². The maximum absolute atomic E-state index is 13.5. The van der Waals surface area contributed by atoms with E-state index < -0.39 is 23.3 Å². The number of pyridine rings is 2. The van der Waals surface area contributed by atoms with Crippen LogP contribution < -0.4 is 0 Å². The van der Waals surface area contributed by atoms with E-state index >= 15 is 0 Å². The monoisotopic (exact) mass is 318 g/mol. The van der Waals surface area contributed by atoms with Crippen LogP contribution in [-0.2, 0) is 6.18 Å². The zero-order chi connectivity index (χ0) is 16.6. The number of benzene rings is 1. The first kappa shape index (κ1) is 15.0. The lowest BCUT2D eigenvalue weighted by Gasteiger charge is -2.16. The molecule has 0 saturated heterocycles. The minimum Gasteiger partial charge on any atom is -0.478 e. The van der Waals surface area contributed by atoms with Crippen molar-refractivity contribution in [3.8, 4) is 11.3 Å². The van der Waals surface area contributed by atoms with E-state index in [2.05, 4.69) is 9.97 Å². The van der Waals surface area contributed by atoms with Crippen LogP contribution in [0.1, 0.15) is 15.9 Å². The lowest BCUT2D eigenvalue weighted by molar-refractivity contribution is -0.136. The average molecular weight is 318 g/mol. The quantitative estimate of drug-likeness (QED) is 0.775. The largest absolute Gasteiger partial charge is 0.478 e. The van der Waals surface area contributed by atoms with Crippen LogP contribution in [0.2, 0.25) is 0 Å². The van der Waals surface area contributed by atoms with E-state index in [4.69, 9.17) is 0 Å². The summed E-state index contributed by atoms with van der Waals surface area (Å²) < 4.78 is 40.5. The molecule has 116 valence electrons. The number of hydrogen-bond acceptors (Lipinski definition) is 3. The maximum Gasteiger partial charge on any atom is 0.418 e. The topological polar surface area (TPSA) is 63.1 Å². The van der Waals surface area contributed by atoms with Gasteiger partial charge in [-0.05, 0) is 12.1 Å². The van der Waals surface area contributed by atoms with Crippen LogP contribution in [0, 0.1) is 0 Å². The van der Waals surface area contributed by atoms with Gasteiger partial charge in [-0.15, -0.1) is 0 Å². The number of carboxylic acid groups (broad SMARTS) is 1. The van der Waals surface area contributed by atoms with Gasteiger partial charge in [0.05, 0.1) is 16.8 Å². The van der Waals surface area contributed by atoms with Gasteiger partial charge >= 0.3 is 12.1 Å². The number of aromatic carboxylic acids is 1. The van der Waals surface area contributed by atoms with Gasteiger partial charge in [0.25, 0.3) is 0 Å². The molecule has 0 aliphatic rings. The second kappa shape index (κ2) is 5.35. The number of alkyl halides is 3. The molecule has 0 spiro atoms. The van der Waals surface area contributed by atoms with Gasteiger partial charge in [-0.3, -0.25) is 0 Å². The lowest BCUT2D eigenvalue weighted by Crippen LogP contribution is -2.16. The van der Waals surface area contributed by atoms with Gasteiger partial charge in [0, 0.05) is 17.1 Å². The zero-order valence-electron chi connectivity index (χ0n) is 11.5. The molecule has 0 saturated carbocycles. The Balaban J connectivity index is 2.50. The van der Waals surface area contributed by atoms with Crippen molar-refractivity contribution in [1.82, 2.24) is 9.97 Å². The summed E-state index contributed by atoms with van der Waals surface area (Å²) in [6.45, 7) is 0. The summed E-state index contributed by atoms with van der Waals surface area (Å²) in [6, 6.07) is 10.4. The highest BCUT2D eigenvalue weighted by molar-refractivity contribution is 6.02. The van der Waals surface area contributed by atoms with Crippen LogP contribution in [0.3, 0.4) is 0 Å². The van der Waals surface area contributed by atoms with Gasteiger partial charge in [0.2, 0.25) is 0 Å². The van der Waals surface area contributed by atoms with E-state index in [0.717, 1.165) is 0 Å². The third-order valence-corrected chi connectivity index (χ3v) is 3.31. The van der Waals surface area contributed by atoms with E-state index in [1.165, 1.54) is 30.5 Å². The number of carboxylic acids is 1. The number of fused-ring (bicyclic) bond motifs is 1. The van der Waals surface area contributed by atoms with Crippen LogP contribution in [0.5, 0.6) is 0 Å². The Bertz CT molecular complexity index is 893. The Morgan fingerprint density at radius 1 is 1.04 bits per heavy atom. The molecule has 0 amide bonds. The van der Waals surface area contributed by atoms with E-state index in [-0.39, 0.29) is 22.3 Å². The van der Waals surface area contributed by atoms with Crippen LogP contribution in [0.25, 0.3) is 22.3 Å². The minimum atomic E-state index is -4.85. The summed E-state index contributed by atoms with van der Waals surface area (Å²) in [5, 5.41) is 9.03. The molecule has 0 unspecified atom stereocenters. The highest BCUT2D eigenvalue weighted by atomic mass is 19.4. The van der Waals surface area contributed by atoms with Gasteiger partial charge in [0.1, 0.15) is 0 Å². The van der Waals surface area contributed by atoms with Crippen molar-refractivity contribution < 1.29 is 23.1 Å². The molecule has 3 aromatic rings. The molecular formula is C16H9F3N2O2. The van der Waals surface area contributed by atoms with E-state index in [1.807, 2.05) is 0 Å². The highest BCUT2D eigenvalue weighted by Gasteiger charge is 2.40. The SMILES string of the molecule is O=C(O)c1c(-c2ccccc2)nc2ncccc2c1C(F)(F)F. The van der Waals surface area contributed by atoms with Gasteiger partial charge < -0.3 is 5.11 Å². The highest BCUT2D eigenvalue weighted by Crippen LogP contribution is 2.40. The molecule has 2 aromatic heterocycles. The lowest BCUT2D eigenvalue weighted by atomic mass is 9.97. The van der Waals surface area contributed by atoms with Gasteiger partial charge in [-0.2, -0.15) is 13.2 Å². The fourth-order valence-corrected chi connectivity index (χ4v) is 2.40. The number of aromatic nitrogens is 2. The molecule has 0 aliphatic heterocycles. The fourth-order valence-electron chi connectivity index (χ4n) is 2.40. The van der Waals surface area contributed by atoms with Crippen LogP contribution in [-0.4, -0.2) is 21.0 Å². The molecular weight excluding hydrogens is 309 g/mol. The summed E-state index contributed by atoms with van der Waals surface area (Å²) in [6.07, 6.45) is -3.54. The fraction of sp³-hybridized carbons (Fsp3) is 0.0625. The number of hydrogen-bond donors (Lipinski definition) is 1. The summed E-state index contributed by atoms with van der Waals surface area (Å²) in [7, 11) is 0. The number of nitrogens with zero attached hydrogens (tertiary/aromatic N) is 2. The molecule has 1 N–H and O–H groups in total. The molecule has 7 heteroatoms. The second-order valence-electron chi connectivity index (χ2n) is 4.75. The Hall–Kier alpha value is -2.96. The van der Waals surface area contributed by atoms with Crippen molar-refractivity contribution in [2.24, 2.45) is 0 Å². The molecule has 0 bridgehead atoms. The van der Waals surface area contributed by atoms with E-state index in [1.54, 1.807) is 18.2 Å². The summed E-state index contributed by atoms with van der Waals surface area (Å²) >= 11 is 0. The standard InChI is InChI=1S/C16H9F3N2O2/c17-16(18,19)12-10-7-4-8-20-14(10)21-13(11(12)15(22)23)9-5-2-1-3-6-9/h1-8H,(H,22,23). The molecule has 0 fully saturated rings. The molecule has 23 heavy (non-hydrogen) atoms. The first-order valence-electron chi connectivity index (χ1n) is 6.54. The van der Waals surface area contributed by atoms with E-state index in [0.29, 0.717) is 0 Å². The van der Waals surface area contributed by atoms with Crippen molar-refractivity contribution in [2.45, 2.75) is 6.18 Å². The number of halogens is 3. The van der Waals surface area contributed by atoms with Crippen LogP contribution >= 0.6 is 0 Å². The Morgan fingerprint density at radius 2 is 1.74 bits per heavy atom. The molecule has 4 nitrogen and oxygen atoms in total. The predicted octanol–water partition coefficient (Wildman–Crippen LogP) is 4.01. The predicted molar refractivity (Wildman–Crippen MR) is 76.9 cm³/mol. The molecule has 2 heterocycles. The average Bonchev–Trinajstić information content (AvgIpc) is 2.52. The zero-order valence-corrected chi connectivity index (χ0v) is 11.5. The third kappa shape index (κ3) is 2.61. The smallest absolute Gasteiger partial charge is 0.418 e. The minimum absolute atomic E-state index is 0.149. The Morgan fingerprint density at radius 3 is 2.35 bits per heavy atom. The number of carbonyl (C=O) groups is 1. The van der Waals surface area contributed by atoms with Crippen LogP contribution in [0.15, 0.2) is 48.7 Å². The normalized spacial score (nSPS) is 11.6. The third-order valence-electron chi connectivity index (χ3n) is 3.31. The molecule has 0 aliphatic carbocycles. The first-order chi connectivity index (χ1) is 10.9. The molecule has 0 radical (unpaired) electrons. The summed E-state index contributed by atoms with van der Waals surface area (Å²) in [4.78, 5) is 19.4. The summed E-state index contributed by atoms with van der Waals surface area (Å²) in [5.41, 5.74) is -2.23. The van der Waals surface area contributed by atoms with Gasteiger partial charge in [0.15, 0.2) is 5.65 Å². The maximum atomic E-state index is 13.5. The van der Waals surface area contributed by atoms with Gasteiger partial charge in [-0.1, -0.05) is 30.3 Å². The van der Waals surface area contributed by atoms with Crippen LogP contribution in [0.4, 0.5) is 13.2 Å². The van der Waals surface area contributed by atoms with Crippen molar-refractivity contribution >= 4 is 17.0 Å². The van der Waals surface area contributed by atoms with Crippen molar-refractivity contribution in [2.75, 3.05) is 0 Å². The van der Waals surface area contributed by atoms with E-state index in [9.17, 15) is 23.1 Å². The van der Waals surface area contributed by atoms with Gasteiger partial charge in [-0.25, -0.2) is 14.8 Å². The number of rotatable bonds is 2. The molecule has 3 rings (SSSR count). The van der Waals surface area contributed by atoms with Crippen molar-refractivity contribution in [3.05, 3.63) is 59.8 Å². The first-order valence-corrected chi connectivity index (χ1v) is 6.54. The Kier molecular flexibility index (Phi) is 3.48. The summed E-state index contributed by atoms with van der Waals surface area (Å²) in [5.74, 6) is -1.69. The molecule has 1 aromatic carbocycles. The van der Waals surface area contributed by atoms with Crippen molar-refractivity contribution in [1.29, 1.82) is 0 Å². The second-order valence-corrected chi connectivity index (χ2v) is 4.75. The molecule has 0 atom stereocenters.